The number of piperidine rings is 1. The summed E-state index contributed by atoms with van der Waals surface area (Å²) in [5.74, 6) is -0.897. The summed E-state index contributed by atoms with van der Waals surface area (Å²) >= 11 is 1.24. The Hall–Kier alpha value is -2.13. The fourth-order valence-corrected chi connectivity index (χ4v) is 3.86. The number of anilines is 1. The third-order valence-electron chi connectivity index (χ3n) is 4.82. The van der Waals surface area contributed by atoms with Crippen LogP contribution in [0, 0.1) is 11.7 Å². The zero-order valence-corrected chi connectivity index (χ0v) is 17.5. The van der Waals surface area contributed by atoms with Crippen molar-refractivity contribution < 1.29 is 18.8 Å². The van der Waals surface area contributed by atoms with Crippen LogP contribution in [-0.4, -0.2) is 59.8 Å². The summed E-state index contributed by atoms with van der Waals surface area (Å²) in [5, 5.41) is 5.19. The Balaban J connectivity index is 1.59. The molecule has 0 saturated carbocycles. The molecule has 1 saturated heterocycles. The van der Waals surface area contributed by atoms with E-state index >= 15 is 0 Å². The summed E-state index contributed by atoms with van der Waals surface area (Å²) in [4.78, 5) is 37.6. The van der Waals surface area contributed by atoms with E-state index in [9.17, 15) is 18.8 Å². The molecule has 0 aromatic heterocycles. The Morgan fingerprint density at radius 2 is 2.03 bits per heavy atom. The van der Waals surface area contributed by atoms with Gasteiger partial charge in [-0.2, -0.15) is 0 Å². The molecule has 7 nitrogen and oxygen atoms in total. The molecule has 1 aliphatic heterocycles. The zero-order chi connectivity index (χ0) is 21.2. The van der Waals surface area contributed by atoms with E-state index in [0.717, 1.165) is 32.4 Å². The van der Waals surface area contributed by atoms with Crippen molar-refractivity contribution in [3.05, 3.63) is 30.1 Å². The zero-order valence-electron chi connectivity index (χ0n) is 16.7. The van der Waals surface area contributed by atoms with E-state index in [4.69, 9.17) is 5.73 Å². The van der Waals surface area contributed by atoms with Gasteiger partial charge in [0.2, 0.25) is 17.7 Å². The Bertz CT molecular complexity index is 701. The molecule has 4 N–H and O–H groups in total. The molecule has 1 aliphatic rings. The minimum atomic E-state index is -0.365. The number of amides is 3. The van der Waals surface area contributed by atoms with Crippen molar-refractivity contribution >= 4 is 35.2 Å². The molecule has 1 heterocycles. The Labute approximate surface area is 175 Å². The van der Waals surface area contributed by atoms with Gasteiger partial charge in [-0.1, -0.05) is 0 Å². The number of carbonyl (C=O) groups excluding carboxylic acids is 3. The molecule has 0 aliphatic carbocycles. The molecular formula is C20H29FN4O3S. The highest BCUT2D eigenvalue weighted by Crippen LogP contribution is 2.16. The van der Waals surface area contributed by atoms with Crippen LogP contribution in [-0.2, 0) is 14.4 Å². The summed E-state index contributed by atoms with van der Waals surface area (Å²) in [6.45, 7) is 4.76. The average Bonchev–Trinajstić information content (AvgIpc) is 2.71. The van der Waals surface area contributed by atoms with Crippen LogP contribution in [0.5, 0.6) is 0 Å². The van der Waals surface area contributed by atoms with Crippen molar-refractivity contribution in [1.82, 2.24) is 10.2 Å². The molecule has 1 fully saturated rings. The number of rotatable bonds is 10. The van der Waals surface area contributed by atoms with E-state index in [1.165, 1.54) is 36.0 Å². The van der Waals surface area contributed by atoms with Crippen molar-refractivity contribution in [1.29, 1.82) is 0 Å². The molecule has 2 unspecified atom stereocenters. The number of benzene rings is 1. The van der Waals surface area contributed by atoms with E-state index in [1.807, 2.05) is 0 Å². The van der Waals surface area contributed by atoms with Gasteiger partial charge < -0.3 is 21.3 Å². The molecule has 0 radical (unpaired) electrons. The molecule has 3 amide bonds. The number of nitrogens with one attached hydrogen (secondary N) is 2. The number of nitrogens with zero attached hydrogens (tertiary/aromatic N) is 1. The first-order valence-electron chi connectivity index (χ1n) is 9.81. The van der Waals surface area contributed by atoms with Crippen LogP contribution in [0.1, 0.15) is 26.2 Å². The maximum atomic E-state index is 12.9. The quantitative estimate of drug-likeness (QED) is 0.495. The number of hydrogen-bond donors (Lipinski definition) is 3. The summed E-state index contributed by atoms with van der Waals surface area (Å²) < 4.78 is 12.9. The summed E-state index contributed by atoms with van der Waals surface area (Å²) in [6.07, 6.45) is 2.61. The largest absolute Gasteiger partial charge is 0.369 e. The van der Waals surface area contributed by atoms with Crippen molar-refractivity contribution in [3.63, 3.8) is 0 Å². The highest BCUT2D eigenvalue weighted by molar-refractivity contribution is 8.01. The number of carbonyl (C=O) groups is 3. The molecule has 2 rings (SSSR count). The van der Waals surface area contributed by atoms with Crippen molar-refractivity contribution in [2.75, 3.05) is 37.2 Å². The first kappa shape index (κ1) is 23.2. The predicted molar refractivity (Wildman–Crippen MR) is 113 cm³/mol. The molecule has 9 heteroatoms. The SMILES string of the molecule is CC(SCC(=O)Nc1ccc(F)cc1)C(=O)NCCCN1CCCC(C(N)=O)C1. The lowest BCUT2D eigenvalue weighted by atomic mass is 9.97. The van der Waals surface area contributed by atoms with Crippen LogP contribution in [0.2, 0.25) is 0 Å². The minimum absolute atomic E-state index is 0.0733. The number of hydrogen-bond acceptors (Lipinski definition) is 5. The second-order valence-corrected chi connectivity index (χ2v) is 8.52. The first-order chi connectivity index (χ1) is 13.8. The second kappa shape index (κ2) is 11.8. The van der Waals surface area contributed by atoms with Crippen LogP contribution in [0.25, 0.3) is 0 Å². The second-order valence-electron chi connectivity index (χ2n) is 7.20. The number of primary amides is 1. The van der Waals surface area contributed by atoms with Gasteiger partial charge in [0.25, 0.3) is 0 Å². The first-order valence-corrected chi connectivity index (χ1v) is 10.9. The van der Waals surface area contributed by atoms with Gasteiger partial charge in [-0.25, -0.2) is 4.39 Å². The molecular weight excluding hydrogens is 395 g/mol. The van der Waals surface area contributed by atoms with Gasteiger partial charge >= 0.3 is 0 Å². The van der Waals surface area contributed by atoms with Crippen LogP contribution in [0.4, 0.5) is 10.1 Å². The topological polar surface area (TPSA) is 105 Å². The fourth-order valence-electron chi connectivity index (χ4n) is 3.16. The Kier molecular flexibility index (Phi) is 9.40. The predicted octanol–water partition coefficient (Wildman–Crippen LogP) is 1.59. The lowest BCUT2D eigenvalue weighted by molar-refractivity contribution is -0.123. The summed E-state index contributed by atoms with van der Waals surface area (Å²) in [6, 6.07) is 5.53. The minimum Gasteiger partial charge on any atom is -0.369 e. The lowest BCUT2D eigenvalue weighted by Crippen LogP contribution is -2.42. The Morgan fingerprint density at radius 3 is 2.72 bits per heavy atom. The molecule has 29 heavy (non-hydrogen) atoms. The Morgan fingerprint density at radius 1 is 1.31 bits per heavy atom. The van der Waals surface area contributed by atoms with Gasteiger partial charge in [0.1, 0.15) is 5.82 Å². The highest BCUT2D eigenvalue weighted by atomic mass is 32.2. The highest BCUT2D eigenvalue weighted by Gasteiger charge is 2.23. The smallest absolute Gasteiger partial charge is 0.234 e. The molecule has 0 spiro atoms. The van der Waals surface area contributed by atoms with Gasteiger partial charge in [-0.3, -0.25) is 14.4 Å². The number of thioether (sulfide) groups is 1. The normalized spacial score (nSPS) is 18.1. The third-order valence-corrected chi connectivity index (χ3v) is 5.96. The number of halogens is 1. The van der Waals surface area contributed by atoms with Crippen molar-refractivity contribution in [2.24, 2.45) is 11.7 Å². The van der Waals surface area contributed by atoms with Crippen molar-refractivity contribution in [2.45, 2.75) is 31.4 Å². The van der Waals surface area contributed by atoms with Gasteiger partial charge in [-0.15, -0.1) is 11.8 Å². The van der Waals surface area contributed by atoms with Gasteiger partial charge in [-0.05, 0) is 63.5 Å². The third kappa shape index (κ3) is 8.41. The summed E-state index contributed by atoms with van der Waals surface area (Å²) in [7, 11) is 0. The van der Waals surface area contributed by atoms with Crippen LogP contribution < -0.4 is 16.4 Å². The van der Waals surface area contributed by atoms with E-state index in [2.05, 4.69) is 15.5 Å². The number of likely N-dealkylation sites (tertiary alicyclic amines) is 1. The van der Waals surface area contributed by atoms with E-state index in [1.54, 1.807) is 6.92 Å². The van der Waals surface area contributed by atoms with Crippen LogP contribution in [0.15, 0.2) is 24.3 Å². The van der Waals surface area contributed by atoms with Gasteiger partial charge in [0.15, 0.2) is 0 Å². The van der Waals surface area contributed by atoms with Crippen LogP contribution in [0.3, 0.4) is 0 Å². The molecule has 160 valence electrons. The lowest BCUT2D eigenvalue weighted by Gasteiger charge is -2.31. The molecule has 2 atom stereocenters. The van der Waals surface area contributed by atoms with E-state index in [-0.39, 0.29) is 40.5 Å². The molecule has 1 aromatic rings. The van der Waals surface area contributed by atoms with Crippen LogP contribution >= 0.6 is 11.8 Å². The maximum Gasteiger partial charge on any atom is 0.234 e. The number of nitrogens with two attached hydrogens (primary N) is 1. The molecule has 0 bridgehead atoms. The van der Waals surface area contributed by atoms with E-state index < -0.39 is 0 Å². The fraction of sp³-hybridized carbons (Fsp3) is 0.550. The van der Waals surface area contributed by atoms with Gasteiger partial charge in [0, 0.05) is 18.8 Å². The standard InChI is InChI=1S/C20H29FN4O3S/c1-14(29-13-18(26)24-17-7-5-16(21)6-8-17)20(28)23-9-3-11-25-10-2-4-15(12-25)19(22)27/h5-8,14-15H,2-4,9-13H2,1H3,(H2,22,27)(H,23,28)(H,24,26). The monoisotopic (exact) mass is 424 g/mol. The van der Waals surface area contributed by atoms with E-state index in [0.29, 0.717) is 18.8 Å². The average molecular weight is 425 g/mol. The van der Waals surface area contributed by atoms with Gasteiger partial charge in [0.05, 0.1) is 16.9 Å². The molecule has 1 aromatic carbocycles. The maximum absolute atomic E-state index is 12.9. The summed E-state index contributed by atoms with van der Waals surface area (Å²) in [5.41, 5.74) is 5.91. The van der Waals surface area contributed by atoms with Crippen molar-refractivity contribution in [3.8, 4) is 0 Å².